The zero-order valence-corrected chi connectivity index (χ0v) is 8.61. The van der Waals surface area contributed by atoms with Gasteiger partial charge in [0.25, 0.3) is 0 Å². The highest BCUT2D eigenvalue weighted by molar-refractivity contribution is 9.10. The third-order valence-electron chi connectivity index (χ3n) is 1.85. The summed E-state index contributed by atoms with van der Waals surface area (Å²) in [6, 6.07) is 3.89. The van der Waals surface area contributed by atoms with E-state index in [2.05, 4.69) is 21.2 Å². The van der Waals surface area contributed by atoms with Crippen LogP contribution in [0.25, 0.3) is 6.08 Å². The highest BCUT2D eigenvalue weighted by Crippen LogP contribution is 2.27. The van der Waals surface area contributed by atoms with Crippen LogP contribution in [0.5, 0.6) is 0 Å². The van der Waals surface area contributed by atoms with E-state index in [0.717, 1.165) is 16.0 Å². The van der Waals surface area contributed by atoms with Gasteiger partial charge in [0.2, 0.25) is 0 Å². The Morgan fingerprint density at radius 2 is 2.25 bits per heavy atom. The lowest BCUT2D eigenvalue weighted by Gasteiger charge is -2.13. The number of rotatable bonds is 0. The van der Waals surface area contributed by atoms with Crippen molar-refractivity contribution in [1.82, 2.24) is 5.32 Å². The van der Waals surface area contributed by atoms with Crippen LogP contribution >= 0.6 is 27.5 Å². The van der Waals surface area contributed by atoms with Crippen LogP contribution in [0.15, 0.2) is 22.8 Å². The second-order valence-corrected chi connectivity index (χ2v) is 3.96. The van der Waals surface area contributed by atoms with E-state index >= 15 is 0 Å². The lowest BCUT2D eigenvalue weighted by molar-refractivity contribution is 0.854. The normalized spacial score (nSPS) is 13.8. The molecule has 12 heavy (non-hydrogen) atoms. The van der Waals surface area contributed by atoms with E-state index in [4.69, 9.17) is 11.6 Å². The molecular formula is C9H7BrClN. The monoisotopic (exact) mass is 243 g/mol. The molecule has 0 radical (unpaired) electrons. The molecule has 0 aromatic heterocycles. The van der Waals surface area contributed by atoms with Gasteiger partial charge in [0.15, 0.2) is 0 Å². The molecule has 1 nitrogen and oxygen atoms in total. The lowest BCUT2D eigenvalue weighted by Crippen LogP contribution is -2.10. The Hall–Kier alpha value is -0.470. The fourth-order valence-electron chi connectivity index (χ4n) is 1.27. The van der Waals surface area contributed by atoms with Gasteiger partial charge in [-0.05, 0) is 35.5 Å². The second kappa shape index (κ2) is 3.11. The summed E-state index contributed by atoms with van der Waals surface area (Å²) < 4.78 is 1.07. The Labute approximate surface area is 84.6 Å². The predicted molar refractivity (Wildman–Crippen MR) is 55.0 cm³/mol. The van der Waals surface area contributed by atoms with Crippen LogP contribution in [0, 0.1) is 0 Å². The van der Waals surface area contributed by atoms with E-state index in [1.807, 2.05) is 24.4 Å². The molecule has 0 saturated heterocycles. The van der Waals surface area contributed by atoms with Crippen LogP contribution in [0.4, 0.5) is 0 Å². The van der Waals surface area contributed by atoms with Gasteiger partial charge in [-0.15, -0.1) is 0 Å². The molecule has 0 unspecified atom stereocenters. The molecule has 0 fully saturated rings. The van der Waals surface area contributed by atoms with E-state index < -0.39 is 0 Å². The van der Waals surface area contributed by atoms with Crippen molar-refractivity contribution >= 4 is 33.6 Å². The van der Waals surface area contributed by atoms with Crippen molar-refractivity contribution in [2.75, 3.05) is 0 Å². The average Bonchev–Trinajstić information content (AvgIpc) is 2.04. The number of halogens is 2. The van der Waals surface area contributed by atoms with Crippen molar-refractivity contribution in [3.05, 3.63) is 39.0 Å². The minimum atomic E-state index is 0.771. The fourth-order valence-corrected chi connectivity index (χ4v) is 2.24. The smallest absolute Gasteiger partial charge is 0.0423 e. The van der Waals surface area contributed by atoms with Crippen molar-refractivity contribution in [3.8, 4) is 0 Å². The first kappa shape index (κ1) is 8.14. The maximum absolute atomic E-state index is 5.90. The van der Waals surface area contributed by atoms with E-state index in [0.29, 0.717) is 0 Å². The molecular weight excluding hydrogens is 237 g/mol. The summed E-state index contributed by atoms with van der Waals surface area (Å²) in [4.78, 5) is 0. The van der Waals surface area contributed by atoms with E-state index in [1.54, 1.807) is 0 Å². The Bertz CT molecular complexity index is 347. The predicted octanol–water partition coefficient (Wildman–Crippen LogP) is 3.18. The number of fused-ring (bicyclic) bond motifs is 1. The Balaban J connectivity index is 2.62. The largest absolute Gasteiger partial charge is 0.387 e. The standard InChI is InChI=1S/C9H7BrClN/c10-9-4-7(11)3-6-1-2-12-5-8(6)9/h1-4,12H,5H2. The SMILES string of the molecule is Clc1cc(Br)c2c(c1)C=CNC2. The van der Waals surface area contributed by atoms with Crippen LogP contribution in [-0.4, -0.2) is 0 Å². The average molecular weight is 245 g/mol. The minimum Gasteiger partial charge on any atom is -0.387 e. The fraction of sp³-hybridized carbons (Fsp3) is 0.111. The summed E-state index contributed by atoms with van der Waals surface area (Å²) in [5.41, 5.74) is 2.45. The number of benzene rings is 1. The van der Waals surface area contributed by atoms with Crippen LogP contribution in [0.2, 0.25) is 5.02 Å². The van der Waals surface area contributed by atoms with Gasteiger partial charge in [-0.25, -0.2) is 0 Å². The Morgan fingerprint density at radius 1 is 1.42 bits per heavy atom. The molecule has 0 atom stereocenters. The quantitative estimate of drug-likeness (QED) is 0.739. The maximum Gasteiger partial charge on any atom is 0.0423 e. The molecule has 1 aromatic carbocycles. The lowest BCUT2D eigenvalue weighted by atomic mass is 10.1. The molecule has 0 saturated carbocycles. The van der Waals surface area contributed by atoms with Gasteiger partial charge >= 0.3 is 0 Å². The van der Waals surface area contributed by atoms with E-state index in [9.17, 15) is 0 Å². The summed E-state index contributed by atoms with van der Waals surface area (Å²) in [5.74, 6) is 0. The van der Waals surface area contributed by atoms with Gasteiger partial charge < -0.3 is 5.32 Å². The Kier molecular flexibility index (Phi) is 2.11. The third kappa shape index (κ3) is 1.37. The van der Waals surface area contributed by atoms with Crippen LogP contribution in [-0.2, 0) is 6.54 Å². The number of hydrogen-bond donors (Lipinski definition) is 1. The molecule has 1 aromatic rings. The molecule has 0 bridgehead atoms. The zero-order chi connectivity index (χ0) is 8.55. The molecule has 0 amide bonds. The van der Waals surface area contributed by atoms with Gasteiger partial charge in [0.1, 0.15) is 0 Å². The molecule has 1 heterocycles. The highest BCUT2D eigenvalue weighted by Gasteiger charge is 2.08. The highest BCUT2D eigenvalue weighted by atomic mass is 79.9. The molecule has 3 heteroatoms. The summed E-state index contributed by atoms with van der Waals surface area (Å²) in [7, 11) is 0. The molecule has 62 valence electrons. The van der Waals surface area contributed by atoms with Crippen LogP contribution in [0.1, 0.15) is 11.1 Å². The number of nitrogens with one attached hydrogen (secondary N) is 1. The minimum absolute atomic E-state index is 0.771. The third-order valence-corrected chi connectivity index (χ3v) is 2.78. The molecule has 1 N–H and O–H groups in total. The maximum atomic E-state index is 5.90. The first-order valence-corrected chi connectivity index (χ1v) is 4.82. The first-order chi connectivity index (χ1) is 5.77. The summed E-state index contributed by atoms with van der Waals surface area (Å²) in [6.45, 7) is 0.865. The summed E-state index contributed by atoms with van der Waals surface area (Å²) in [5, 5.41) is 3.92. The van der Waals surface area contributed by atoms with Gasteiger partial charge in [-0.1, -0.05) is 27.5 Å². The van der Waals surface area contributed by atoms with Gasteiger partial charge in [0, 0.05) is 16.0 Å². The molecule has 2 rings (SSSR count). The van der Waals surface area contributed by atoms with Crippen LogP contribution in [0.3, 0.4) is 0 Å². The van der Waals surface area contributed by atoms with Gasteiger partial charge in [-0.2, -0.15) is 0 Å². The summed E-state index contributed by atoms with van der Waals surface area (Å²) >= 11 is 9.37. The topological polar surface area (TPSA) is 12.0 Å². The van der Waals surface area contributed by atoms with Crippen molar-refractivity contribution in [1.29, 1.82) is 0 Å². The van der Waals surface area contributed by atoms with Crippen molar-refractivity contribution < 1.29 is 0 Å². The Morgan fingerprint density at radius 3 is 3.08 bits per heavy atom. The molecule has 0 spiro atoms. The number of hydrogen-bond acceptors (Lipinski definition) is 1. The van der Waals surface area contributed by atoms with E-state index in [-0.39, 0.29) is 0 Å². The molecule has 0 aliphatic carbocycles. The van der Waals surface area contributed by atoms with Crippen LogP contribution < -0.4 is 5.32 Å². The van der Waals surface area contributed by atoms with Crippen molar-refractivity contribution in [2.24, 2.45) is 0 Å². The zero-order valence-electron chi connectivity index (χ0n) is 6.27. The summed E-state index contributed by atoms with van der Waals surface area (Å²) in [6.07, 6.45) is 3.96. The molecule has 1 aliphatic rings. The van der Waals surface area contributed by atoms with Crippen molar-refractivity contribution in [3.63, 3.8) is 0 Å². The second-order valence-electron chi connectivity index (χ2n) is 2.67. The molecule has 1 aliphatic heterocycles. The van der Waals surface area contributed by atoms with E-state index in [1.165, 1.54) is 11.1 Å². The van der Waals surface area contributed by atoms with Gasteiger partial charge in [0.05, 0.1) is 0 Å². The first-order valence-electron chi connectivity index (χ1n) is 3.65. The van der Waals surface area contributed by atoms with Gasteiger partial charge in [-0.3, -0.25) is 0 Å². The van der Waals surface area contributed by atoms with Crippen molar-refractivity contribution in [2.45, 2.75) is 6.54 Å².